The van der Waals surface area contributed by atoms with Gasteiger partial charge < -0.3 is 20.3 Å². The zero-order valence-electron chi connectivity index (χ0n) is 15.2. The Balaban J connectivity index is 1.50. The van der Waals surface area contributed by atoms with E-state index >= 15 is 0 Å². The Morgan fingerprint density at radius 3 is 2.52 bits per heavy atom. The third-order valence-electron chi connectivity index (χ3n) is 4.29. The predicted octanol–water partition coefficient (Wildman–Crippen LogP) is 2.76. The molecule has 8 nitrogen and oxygen atoms in total. The van der Waals surface area contributed by atoms with Gasteiger partial charge >= 0.3 is 6.09 Å². The van der Waals surface area contributed by atoms with E-state index in [1.807, 2.05) is 30.3 Å². The maximum absolute atomic E-state index is 12.2. The number of piperidine rings is 1. The number of hydrogen-bond acceptors (Lipinski definition) is 6. The second kappa shape index (κ2) is 8.98. The Hall–Kier alpha value is -3.16. The molecule has 1 aliphatic rings. The number of hydrogen-bond donors (Lipinski definition) is 2. The van der Waals surface area contributed by atoms with Crippen molar-refractivity contribution in [2.45, 2.75) is 25.8 Å². The number of ether oxygens (including phenoxy) is 1. The SMILES string of the molecule is CCOC(=O)N1CCC(Nc2cnc(C(=O)Nc3ccccc3)cn2)CC1. The lowest BCUT2D eigenvalue weighted by Crippen LogP contribution is -2.42. The molecule has 2 aromatic rings. The minimum absolute atomic E-state index is 0.203. The van der Waals surface area contributed by atoms with Crippen molar-refractivity contribution in [3.05, 3.63) is 48.4 Å². The molecule has 0 atom stereocenters. The Morgan fingerprint density at radius 1 is 1.15 bits per heavy atom. The van der Waals surface area contributed by atoms with Gasteiger partial charge in [0.25, 0.3) is 5.91 Å². The topological polar surface area (TPSA) is 96.5 Å². The molecule has 2 heterocycles. The Morgan fingerprint density at radius 2 is 1.89 bits per heavy atom. The van der Waals surface area contributed by atoms with Crippen molar-refractivity contribution in [3.63, 3.8) is 0 Å². The summed E-state index contributed by atoms with van der Waals surface area (Å²) in [5.74, 6) is 0.309. The van der Waals surface area contributed by atoms with Crippen LogP contribution in [0.5, 0.6) is 0 Å². The highest BCUT2D eigenvalue weighted by Gasteiger charge is 2.23. The smallest absolute Gasteiger partial charge is 0.409 e. The van der Waals surface area contributed by atoms with Gasteiger partial charge in [-0.05, 0) is 31.9 Å². The molecule has 0 saturated carbocycles. The van der Waals surface area contributed by atoms with E-state index in [0.29, 0.717) is 31.2 Å². The molecule has 27 heavy (non-hydrogen) atoms. The largest absolute Gasteiger partial charge is 0.450 e. The first-order valence-electron chi connectivity index (χ1n) is 9.02. The number of para-hydroxylation sites is 1. The molecule has 1 aromatic carbocycles. The van der Waals surface area contributed by atoms with E-state index in [4.69, 9.17) is 4.74 Å². The number of anilines is 2. The monoisotopic (exact) mass is 369 g/mol. The highest BCUT2D eigenvalue weighted by Crippen LogP contribution is 2.16. The van der Waals surface area contributed by atoms with Crippen molar-refractivity contribution in [2.75, 3.05) is 30.3 Å². The first kappa shape index (κ1) is 18.6. The van der Waals surface area contributed by atoms with Gasteiger partial charge in [0.05, 0.1) is 19.0 Å². The van der Waals surface area contributed by atoms with Gasteiger partial charge in [0, 0.05) is 24.8 Å². The second-order valence-corrected chi connectivity index (χ2v) is 6.21. The van der Waals surface area contributed by atoms with E-state index in [9.17, 15) is 9.59 Å². The average Bonchev–Trinajstić information content (AvgIpc) is 2.70. The normalized spacial score (nSPS) is 14.5. The molecule has 2 amide bonds. The molecule has 8 heteroatoms. The number of benzene rings is 1. The number of likely N-dealkylation sites (tertiary alicyclic amines) is 1. The number of carbonyl (C=O) groups excluding carboxylic acids is 2. The molecule has 142 valence electrons. The Labute approximate surface area is 158 Å². The molecule has 0 bridgehead atoms. The lowest BCUT2D eigenvalue weighted by Gasteiger charge is -2.31. The van der Waals surface area contributed by atoms with Crippen molar-refractivity contribution in [1.29, 1.82) is 0 Å². The third-order valence-corrected chi connectivity index (χ3v) is 4.29. The number of amides is 2. The highest BCUT2D eigenvalue weighted by atomic mass is 16.6. The van der Waals surface area contributed by atoms with E-state index in [2.05, 4.69) is 20.6 Å². The van der Waals surface area contributed by atoms with Gasteiger partial charge in [-0.15, -0.1) is 0 Å². The van der Waals surface area contributed by atoms with Crippen LogP contribution in [0.2, 0.25) is 0 Å². The quantitative estimate of drug-likeness (QED) is 0.841. The molecule has 1 aliphatic heterocycles. The lowest BCUT2D eigenvalue weighted by atomic mass is 10.1. The van der Waals surface area contributed by atoms with Crippen molar-refractivity contribution < 1.29 is 14.3 Å². The summed E-state index contributed by atoms with van der Waals surface area (Å²) in [5, 5.41) is 6.08. The maximum Gasteiger partial charge on any atom is 0.409 e. The summed E-state index contributed by atoms with van der Waals surface area (Å²) < 4.78 is 5.02. The van der Waals surface area contributed by atoms with Crippen molar-refractivity contribution in [3.8, 4) is 0 Å². The van der Waals surface area contributed by atoms with Crippen LogP contribution in [0.15, 0.2) is 42.7 Å². The number of rotatable bonds is 5. The van der Waals surface area contributed by atoms with Gasteiger partial charge in [0.1, 0.15) is 11.5 Å². The minimum Gasteiger partial charge on any atom is -0.450 e. The van der Waals surface area contributed by atoms with Crippen LogP contribution >= 0.6 is 0 Å². The van der Waals surface area contributed by atoms with Gasteiger partial charge in [-0.25, -0.2) is 14.8 Å². The summed E-state index contributed by atoms with van der Waals surface area (Å²) in [5.41, 5.74) is 0.960. The zero-order valence-corrected chi connectivity index (χ0v) is 15.2. The number of nitrogens with zero attached hydrogens (tertiary/aromatic N) is 3. The molecule has 3 rings (SSSR count). The summed E-state index contributed by atoms with van der Waals surface area (Å²) in [6.07, 6.45) is 4.35. The van der Waals surface area contributed by atoms with E-state index in [-0.39, 0.29) is 23.7 Å². The van der Waals surface area contributed by atoms with Crippen LogP contribution in [0.4, 0.5) is 16.3 Å². The van der Waals surface area contributed by atoms with E-state index in [1.54, 1.807) is 18.0 Å². The number of aromatic nitrogens is 2. The lowest BCUT2D eigenvalue weighted by molar-refractivity contribution is 0.0982. The summed E-state index contributed by atoms with van der Waals surface area (Å²) in [6.45, 7) is 3.47. The Bertz CT molecular complexity index is 759. The van der Waals surface area contributed by atoms with Gasteiger partial charge in [-0.1, -0.05) is 18.2 Å². The first-order chi connectivity index (χ1) is 13.2. The van der Waals surface area contributed by atoms with Crippen LogP contribution in [0.3, 0.4) is 0 Å². The van der Waals surface area contributed by atoms with E-state index < -0.39 is 0 Å². The average molecular weight is 369 g/mol. The van der Waals surface area contributed by atoms with Gasteiger partial charge in [-0.3, -0.25) is 4.79 Å². The van der Waals surface area contributed by atoms with Crippen LogP contribution < -0.4 is 10.6 Å². The van der Waals surface area contributed by atoms with E-state index in [1.165, 1.54) is 6.20 Å². The Kier molecular flexibility index (Phi) is 6.19. The summed E-state index contributed by atoms with van der Waals surface area (Å²) in [7, 11) is 0. The maximum atomic E-state index is 12.2. The molecular formula is C19H23N5O3. The first-order valence-corrected chi connectivity index (χ1v) is 9.02. The number of carbonyl (C=O) groups is 2. The van der Waals surface area contributed by atoms with Gasteiger partial charge in [-0.2, -0.15) is 0 Å². The molecule has 1 fully saturated rings. The van der Waals surface area contributed by atoms with Crippen molar-refractivity contribution in [1.82, 2.24) is 14.9 Å². The van der Waals surface area contributed by atoms with Crippen LogP contribution in [-0.2, 0) is 4.74 Å². The standard InChI is InChI=1S/C19H23N5O3/c1-2-27-19(26)24-10-8-15(9-11-24)22-17-13-20-16(12-21-17)18(25)23-14-6-4-3-5-7-14/h3-7,12-13,15H,2,8-11H2,1H3,(H,21,22)(H,23,25). The molecular weight excluding hydrogens is 346 g/mol. The molecule has 0 spiro atoms. The molecule has 0 unspecified atom stereocenters. The summed E-state index contributed by atoms with van der Waals surface area (Å²) in [4.78, 5) is 34.1. The van der Waals surface area contributed by atoms with Crippen LogP contribution in [0.1, 0.15) is 30.3 Å². The van der Waals surface area contributed by atoms with E-state index in [0.717, 1.165) is 12.8 Å². The summed E-state index contributed by atoms with van der Waals surface area (Å²) in [6, 6.07) is 9.40. The fourth-order valence-corrected chi connectivity index (χ4v) is 2.87. The van der Waals surface area contributed by atoms with Gasteiger partial charge in [0.15, 0.2) is 0 Å². The van der Waals surface area contributed by atoms with Crippen LogP contribution in [0, 0.1) is 0 Å². The second-order valence-electron chi connectivity index (χ2n) is 6.21. The van der Waals surface area contributed by atoms with Crippen molar-refractivity contribution >= 4 is 23.5 Å². The number of nitrogens with one attached hydrogen (secondary N) is 2. The van der Waals surface area contributed by atoms with Crippen molar-refractivity contribution in [2.24, 2.45) is 0 Å². The molecule has 0 radical (unpaired) electrons. The predicted molar refractivity (Wildman–Crippen MR) is 102 cm³/mol. The van der Waals surface area contributed by atoms with Crippen LogP contribution in [0.25, 0.3) is 0 Å². The fourth-order valence-electron chi connectivity index (χ4n) is 2.87. The molecule has 1 saturated heterocycles. The molecule has 0 aliphatic carbocycles. The third kappa shape index (κ3) is 5.16. The molecule has 2 N–H and O–H groups in total. The fraction of sp³-hybridized carbons (Fsp3) is 0.368. The zero-order chi connectivity index (χ0) is 19.1. The highest BCUT2D eigenvalue weighted by molar-refractivity contribution is 6.02. The van der Waals surface area contributed by atoms with Gasteiger partial charge in [0.2, 0.25) is 0 Å². The molecule has 1 aromatic heterocycles. The van der Waals surface area contributed by atoms with Crippen LogP contribution in [-0.4, -0.2) is 52.6 Å². The minimum atomic E-state index is -0.303. The summed E-state index contributed by atoms with van der Waals surface area (Å²) >= 11 is 0.